The van der Waals surface area contributed by atoms with E-state index in [-0.39, 0.29) is 6.04 Å². The molecule has 0 amide bonds. The fraction of sp³-hybridized carbons (Fsp3) is 0.294. The summed E-state index contributed by atoms with van der Waals surface area (Å²) in [5.41, 5.74) is 2.48. The molecule has 1 saturated heterocycles. The van der Waals surface area contributed by atoms with Crippen LogP contribution in [0.1, 0.15) is 19.3 Å². The Balaban J connectivity index is 1.95. The minimum atomic E-state index is -0.00730. The van der Waals surface area contributed by atoms with Gasteiger partial charge in [0.25, 0.3) is 0 Å². The second-order valence-corrected chi connectivity index (χ2v) is 5.52. The molecule has 0 bridgehead atoms. The van der Waals surface area contributed by atoms with Gasteiger partial charge in [-0.15, -0.1) is 0 Å². The molecule has 2 aromatic rings. The van der Waals surface area contributed by atoms with Crippen molar-refractivity contribution in [1.29, 1.82) is 5.26 Å². The van der Waals surface area contributed by atoms with Gasteiger partial charge >= 0.3 is 0 Å². The van der Waals surface area contributed by atoms with Crippen LogP contribution in [0.5, 0.6) is 0 Å². The van der Waals surface area contributed by atoms with E-state index in [1.54, 1.807) is 0 Å². The molecule has 1 aromatic carbocycles. The highest BCUT2D eigenvalue weighted by Crippen LogP contribution is 2.23. The van der Waals surface area contributed by atoms with E-state index in [4.69, 9.17) is 10.2 Å². The zero-order chi connectivity index (χ0) is 13.5. The number of hydrogen-bond donors (Lipinski definition) is 1. The average Bonchev–Trinajstić information content (AvgIpc) is 2.52. The first-order valence-corrected chi connectivity index (χ1v) is 7.10. The van der Waals surface area contributed by atoms with Crippen LogP contribution >= 0.6 is 0 Å². The molecule has 2 unspecified atom stereocenters. The smallest absolute Gasteiger partial charge is 0.0960 e. The molecule has 0 radical (unpaired) electrons. The van der Waals surface area contributed by atoms with Crippen LogP contribution in [0.2, 0.25) is 0 Å². The zero-order valence-electron chi connectivity index (χ0n) is 11.1. The summed E-state index contributed by atoms with van der Waals surface area (Å²) in [4.78, 5) is 4.78. The number of hydrogen-bond acceptors (Lipinski definition) is 3. The minimum Gasteiger partial charge on any atom is -0.295 e. The Hall–Kier alpha value is -2.18. The van der Waals surface area contributed by atoms with Crippen LogP contribution in [0.4, 0.5) is 0 Å². The molecule has 1 N–H and O–H groups in total. The largest absolute Gasteiger partial charge is 0.295 e. The van der Waals surface area contributed by atoms with Gasteiger partial charge < -0.3 is 0 Å². The summed E-state index contributed by atoms with van der Waals surface area (Å²) in [6.45, 7) is 0. The summed E-state index contributed by atoms with van der Waals surface area (Å²) in [7, 11) is 0. The first-order valence-electron chi connectivity index (χ1n) is 7.10. The van der Waals surface area contributed by atoms with Crippen molar-refractivity contribution in [2.45, 2.75) is 31.3 Å². The number of nitrogens with zero attached hydrogens (tertiary/aromatic N) is 2. The Kier molecular flexibility index (Phi) is 2.58. The normalized spacial score (nSPS) is 24.4. The van der Waals surface area contributed by atoms with Crippen molar-refractivity contribution in [2.75, 3.05) is 0 Å². The topological polar surface area (TPSA) is 48.7 Å². The van der Waals surface area contributed by atoms with Gasteiger partial charge in [0.15, 0.2) is 0 Å². The Labute approximate surface area is 117 Å². The summed E-state index contributed by atoms with van der Waals surface area (Å²) in [6.07, 6.45) is 5.03. The van der Waals surface area contributed by atoms with Crippen molar-refractivity contribution in [3.63, 3.8) is 0 Å². The number of aromatic nitrogens is 1. The van der Waals surface area contributed by atoms with Crippen molar-refractivity contribution in [1.82, 2.24) is 10.3 Å². The van der Waals surface area contributed by atoms with Crippen LogP contribution in [0, 0.1) is 11.3 Å². The van der Waals surface area contributed by atoms with E-state index in [1.807, 2.05) is 6.07 Å². The maximum atomic E-state index is 9.07. The molecule has 0 saturated carbocycles. The number of benzene rings is 1. The van der Waals surface area contributed by atoms with Crippen molar-refractivity contribution in [2.24, 2.45) is 0 Å². The summed E-state index contributed by atoms with van der Waals surface area (Å²) in [6, 6.07) is 13.1. The van der Waals surface area contributed by atoms with Gasteiger partial charge in [0, 0.05) is 16.6 Å². The van der Waals surface area contributed by atoms with E-state index >= 15 is 0 Å². The van der Waals surface area contributed by atoms with Crippen LogP contribution in [-0.2, 0) is 0 Å². The minimum absolute atomic E-state index is 0.00730. The predicted octanol–water partition coefficient (Wildman–Crippen LogP) is 1.21. The molecule has 3 heteroatoms. The van der Waals surface area contributed by atoms with E-state index in [0.717, 1.165) is 30.1 Å². The van der Waals surface area contributed by atoms with Gasteiger partial charge in [-0.3, -0.25) is 5.32 Å². The van der Waals surface area contributed by atoms with Crippen LogP contribution in [0.15, 0.2) is 30.3 Å². The Morgan fingerprint density at radius 3 is 3.10 bits per heavy atom. The number of nitrogens with one attached hydrogen (secondary N) is 1. The number of piperidine rings is 1. The molecule has 20 heavy (non-hydrogen) atoms. The number of para-hydroxylation sites is 1. The fourth-order valence-electron chi connectivity index (χ4n) is 3.31. The van der Waals surface area contributed by atoms with Gasteiger partial charge in [0.2, 0.25) is 0 Å². The second-order valence-electron chi connectivity index (χ2n) is 5.52. The molecule has 2 aliphatic rings. The lowest BCUT2D eigenvalue weighted by Crippen LogP contribution is -2.49. The third-order valence-corrected chi connectivity index (χ3v) is 4.33. The number of pyridine rings is 1. The highest BCUT2D eigenvalue weighted by Gasteiger charge is 2.26. The first-order chi connectivity index (χ1) is 9.85. The standard InChI is InChI=1S/C17H15N3/c18-10-12-5-6-13-14-9-11-3-1-2-4-15(11)20-17(14)8-7-16(13)19-12/h1-4,8-9,12,16,19H,5-7H2. The zero-order valence-corrected chi connectivity index (χ0v) is 11.1. The molecule has 4 rings (SSSR count). The molecule has 1 aromatic heterocycles. The highest BCUT2D eigenvalue weighted by molar-refractivity contribution is 5.79. The van der Waals surface area contributed by atoms with E-state index in [1.165, 1.54) is 16.2 Å². The summed E-state index contributed by atoms with van der Waals surface area (Å²) < 4.78 is 0. The van der Waals surface area contributed by atoms with Crippen LogP contribution in [0.3, 0.4) is 0 Å². The quantitative estimate of drug-likeness (QED) is 0.775. The van der Waals surface area contributed by atoms with Gasteiger partial charge in [0.05, 0.1) is 23.0 Å². The van der Waals surface area contributed by atoms with Gasteiger partial charge in [-0.25, -0.2) is 4.98 Å². The maximum Gasteiger partial charge on any atom is 0.0960 e. The van der Waals surface area contributed by atoms with Gasteiger partial charge in [-0.05, 0) is 37.0 Å². The molecular formula is C17H15N3. The van der Waals surface area contributed by atoms with Crippen molar-refractivity contribution < 1.29 is 0 Å². The van der Waals surface area contributed by atoms with Gasteiger partial charge in [-0.2, -0.15) is 5.26 Å². The van der Waals surface area contributed by atoms with E-state index in [2.05, 4.69) is 41.7 Å². The Bertz CT molecular complexity index is 845. The lowest BCUT2D eigenvalue weighted by Gasteiger charge is -2.31. The maximum absolute atomic E-state index is 9.07. The SMILES string of the molecule is N#CC1CCC2=c3cc4ccccc4nc3=CCC2N1. The molecule has 3 nitrogen and oxygen atoms in total. The molecule has 2 heterocycles. The summed E-state index contributed by atoms with van der Waals surface area (Å²) >= 11 is 0. The molecule has 0 spiro atoms. The van der Waals surface area contributed by atoms with Gasteiger partial charge in [0.1, 0.15) is 0 Å². The second kappa shape index (κ2) is 4.43. The van der Waals surface area contributed by atoms with E-state index < -0.39 is 0 Å². The molecule has 98 valence electrons. The lowest BCUT2D eigenvalue weighted by molar-refractivity contribution is 0.477. The van der Waals surface area contributed by atoms with Crippen LogP contribution < -0.4 is 15.9 Å². The molecular weight excluding hydrogens is 246 g/mol. The third-order valence-electron chi connectivity index (χ3n) is 4.33. The monoisotopic (exact) mass is 261 g/mol. The molecule has 1 fully saturated rings. The Morgan fingerprint density at radius 1 is 1.30 bits per heavy atom. The van der Waals surface area contributed by atoms with Crippen molar-refractivity contribution in [3.8, 4) is 6.07 Å². The highest BCUT2D eigenvalue weighted by atomic mass is 15.0. The van der Waals surface area contributed by atoms with E-state index in [0.29, 0.717) is 6.04 Å². The van der Waals surface area contributed by atoms with Crippen molar-refractivity contribution >= 4 is 22.6 Å². The van der Waals surface area contributed by atoms with Crippen LogP contribution in [-0.4, -0.2) is 17.1 Å². The number of rotatable bonds is 0. The predicted molar refractivity (Wildman–Crippen MR) is 79.0 cm³/mol. The Morgan fingerprint density at radius 2 is 2.20 bits per heavy atom. The van der Waals surface area contributed by atoms with E-state index in [9.17, 15) is 0 Å². The fourth-order valence-corrected chi connectivity index (χ4v) is 3.31. The number of fused-ring (bicyclic) bond motifs is 3. The molecule has 1 aliphatic heterocycles. The van der Waals surface area contributed by atoms with Crippen molar-refractivity contribution in [3.05, 3.63) is 40.9 Å². The molecule has 2 atom stereocenters. The van der Waals surface area contributed by atoms with Gasteiger partial charge in [-0.1, -0.05) is 24.3 Å². The van der Waals surface area contributed by atoms with Crippen LogP contribution in [0.25, 0.3) is 22.6 Å². The summed E-state index contributed by atoms with van der Waals surface area (Å²) in [5.74, 6) is 0. The first kappa shape index (κ1) is 11.6. The summed E-state index contributed by atoms with van der Waals surface area (Å²) in [5, 5.41) is 16.1. The lowest BCUT2D eigenvalue weighted by atomic mass is 9.87. The third kappa shape index (κ3) is 1.73. The molecule has 1 aliphatic carbocycles. The number of nitriles is 1. The average molecular weight is 261 g/mol.